The number of hydrogen-bond donors (Lipinski definition) is 1. The monoisotopic (exact) mass is 288 g/mol. The number of morpholine rings is 1. The second-order valence-corrected chi connectivity index (χ2v) is 4.98. The van der Waals surface area contributed by atoms with E-state index in [1.165, 1.54) is 6.07 Å². The van der Waals surface area contributed by atoms with Gasteiger partial charge in [0.2, 0.25) is 0 Å². The van der Waals surface area contributed by atoms with Crippen LogP contribution in [0.3, 0.4) is 0 Å². The number of halogens is 3. The molecule has 3 nitrogen and oxygen atoms in total. The van der Waals surface area contributed by atoms with Crippen LogP contribution in [0.25, 0.3) is 0 Å². The first kappa shape index (κ1) is 15.3. The average molecular weight is 288 g/mol. The molecule has 0 bridgehead atoms. The Labute approximate surface area is 116 Å². The van der Waals surface area contributed by atoms with Crippen molar-refractivity contribution in [1.82, 2.24) is 10.2 Å². The molecule has 1 aromatic rings. The van der Waals surface area contributed by atoms with Gasteiger partial charge < -0.3 is 10.1 Å². The third-order valence-electron chi connectivity index (χ3n) is 3.59. The van der Waals surface area contributed by atoms with Crippen LogP contribution in [0.4, 0.5) is 13.2 Å². The summed E-state index contributed by atoms with van der Waals surface area (Å²) >= 11 is 0. The molecular weight excluding hydrogens is 269 g/mol. The summed E-state index contributed by atoms with van der Waals surface area (Å²) in [5.74, 6) is 0. The Morgan fingerprint density at radius 2 is 2.05 bits per heavy atom. The van der Waals surface area contributed by atoms with E-state index in [4.69, 9.17) is 4.74 Å². The van der Waals surface area contributed by atoms with Gasteiger partial charge in [-0.05, 0) is 25.7 Å². The van der Waals surface area contributed by atoms with Crippen LogP contribution in [0, 0.1) is 0 Å². The molecule has 0 spiro atoms. The Morgan fingerprint density at radius 1 is 1.35 bits per heavy atom. The van der Waals surface area contributed by atoms with E-state index in [0.717, 1.165) is 6.07 Å². The van der Waals surface area contributed by atoms with Gasteiger partial charge in [-0.1, -0.05) is 18.2 Å². The molecule has 0 radical (unpaired) electrons. The van der Waals surface area contributed by atoms with Gasteiger partial charge >= 0.3 is 6.18 Å². The van der Waals surface area contributed by atoms with Gasteiger partial charge in [0.25, 0.3) is 0 Å². The van der Waals surface area contributed by atoms with E-state index in [1.807, 2.05) is 11.9 Å². The van der Waals surface area contributed by atoms with Gasteiger partial charge in [0.15, 0.2) is 0 Å². The zero-order valence-electron chi connectivity index (χ0n) is 11.6. The van der Waals surface area contributed by atoms with Crippen LogP contribution in [0.1, 0.15) is 17.2 Å². The topological polar surface area (TPSA) is 24.5 Å². The lowest BCUT2D eigenvalue weighted by molar-refractivity contribution is -0.140. The third-order valence-corrected chi connectivity index (χ3v) is 3.59. The van der Waals surface area contributed by atoms with Gasteiger partial charge in [0.05, 0.1) is 24.3 Å². The fourth-order valence-corrected chi connectivity index (χ4v) is 2.68. The smallest absolute Gasteiger partial charge is 0.374 e. The minimum atomic E-state index is -4.35. The van der Waals surface area contributed by atoms with Gasteiger partial charge in [-0.2, -0.15) is 13.2 Å². The van der Waals surface area contributed by atoms with Crippen molar-refractivity contribution in [2.24, 2.45) is 0 Å². The Morgan fingerprint density at radius 3 is 2.70 bits per heavy atom. The second-order valence-electron chi connectivity index (χ2n) is 4.98. The summed E-state index contributed by atoms with van der Waals surface area (Å²) in [4.78, 5) is 1.93. The molecule has 0 aliphatic carbocycles. The quantitative estimate of drug-likeness (QED) is 0.923. The van der Waals surface area contributed by atoms with Crippen molar-refractivity contribution in [2.75, 3.05) is 33.8 Å². The zero-order chi connectivity index (χ0) is 14.8. The lowest BCUT2D eigenvalue weighted by Gasteiger charge is -2.40. The molecule has 1 fully saturated rings. The number of likely N-dealkylation sites (N-methyl/N-ethyl adjacent to an activating group) is 2. The Hall–Kier alpha value is -1.11. The van der Waals surface area contributed by atoms with Gasteiger partial charge in [0, 0.05) is 13.1 Å². The van der Waals surface area contributed by atoms with E-state index in [0.29, 0.717) is 19.7 Å². The SMILES string of the molecule is CNCC1OCCN(C)C1c1ccccc1C(F)(F)F. The summed E-state index contributed by atoms with van der Waals surface area (Å²) in [6.07, 6.45) is -4.64. The molecule has 0 aromatic heterocycles. The molecule has 2 rings (SSSR count). The van der Waals surface area contributed by atoms with Crippen molar-refractivity contribution in [2.45, 2.75) is 18.3 Å². The van der Waals surface area contributed by atoms with Crippen molar-refractivity contribution in [3.63, 3.8) is 0 Å². The van der Waals surface area contributed by atoms with E-state index >= 15 is 0 Å². The number of ether oxygens (including phenoxy) is 1. The highest BCUT2D eigenvalue weighted by Gasteiger charge is 2.39. The molecule has 0 saturated carbocycles. The normalized spacial score (nSPS) is 24.9. The van der Waals surface area contributed by atoms with Crippen molar-refractivity contribution in [3.05, 3.63) is 35.4 Å². The minimum absolute atomic E-state index is 0.280. The number of rotatable bonds is 3. The van der Waals surface area contributed by atoms with Crippen LogP contribution >= 0.6 is 0 Å². The van der Waals surface area contributed by atoms with Crippen LogP contribution < -0.4 is 5.32 Å². The highest BCUT2D eigenvalue weighted by atomic mass is 19.4. The molecule has 1 aromatic carbocycles. The zero-order valence-corrected chi connectivity index (χ0v) is 11.6. The first-order valence-electron chi connectivity index (χ1n) is 6.57. The van der Waals surface area contributed by atoms with E-state index in [1.54, 1.807) is 19.2 Å². The predicted molar refractivity (Wildman–Crippen MR) is 70.5 cm³/mol. The lowest BCUT2D eigenvalue weighted by Crippen LogP contribution is -2.47. The van der Waals surface area contributed by atoms with E-state index in [2.05, 4.69) is 5.32 Å². The van der Waals surface area contributed by atoms with E-state index in [-0.39, 0.29) is 11.7 Å². The van der Waals surface area contributed by atoms with Crippen molar-refractivity contribution < 1.29 is 17.9 Å². The third kappa shape index (κ3) is 3.13. The number of hydrogen-bond acceptors (Lipinski definition) is 3. The molecule has 112 valence electrons. The van der Waals surface area contributed by atoms with E-state index in [9.17, 15) is 13.2 Å². The summed E-state index contributed by atoms with van der Waals surface area (Å²) < 4.78 is 45.2. The van der Waals surface area contributed by atoms with Gasteiger partial charge in [-0.25, -0.2) is 0 Å². The van der Waals surface area contributed by atoms with Crippen LogP contribution in [0.2, 0.25) is 0 Å². The van der Waals surface area contributed by atoms with Gasteiger partial charge in [-0.15, -0.1) is 0 Å². The molecule has 6 heteroatoms. The van der Waals surface area contributed by atoms with Crippen molar-refractivity contribution >= 4 is 0 Å². The van der Waals surface area contributed by atoms with Gasteiger partial charge in [-0.3, -0.25) is 4.90 Å². The molecule has 2 atom stereocenters. The Bertz CT molecular complexity index is 448. The molecule has 0 amide bonds. The van der Waals surface area contributed by atoms with E-state index < -0.39 is 17.8 Å². The summed E-state index contributed by atoms with van der Waals surface area (Å²) in [5, 5.41) is 2.98. The summed E-state index contributed by atoms with van der Waals surface area (Å²) in [6.45, 7) is 1.67. The molecule has 1 aliphatic rings. The number of benzene rings is 1. The molecule has 1 N–H and O–H groups in total. The standard InChI is InChI=1S/C14H19F3N2O/c1-18-9-12-13(19(2)7-8-20-12)10-5-3-4-6-11(10)14(15,16)17/h3-6,12-13,18H,7-9H2,1-2H3. The maximum Gasteiger partial charge on any atom is 0.416 e. The maximum atomic E-state index is 13.2. The Kier molecular flexibility index (Phi) is 4.67. The Balaban J connectivity index is 2.41. The number of nitrogens with one attached hydrogen (secondary N) is 1. The van der Waals surface area contributed by atoms with Crippen LogP contribution in [-0.2, 0) is 10.9 Å². The molecule has 1 saturated heterocycles. The van der Waals surface area contributed by atoms with Crippen molar-refractivity contribution in [3.8, 4) is 0 Å². The average Bonchev–Trinajstić information content (AvgIpc) is 2.38. The predicted octanol–water partition coefficient (Wildman–Crippen LogP) is 2.30. The fourth-order valence-electron chi connectivity index (χ4n) is 2.68. The van der Waals surface area contributed by atoms with Crippen molar-refractivity contribution in [1.29, 1.82) is 0 Å². The highest BCUT2D eigenvalue weighted by Crippen LogP contribution is 2.38. The lowest BCUT2D eigenvalue weighted by atomic mass is 9.93. The fraction of sp³-hybridized carbons (Fsp3) is 0.571. The molecule has 2 unspecified atom stereocenters. The first-order chi connectivity index (χ1) is 9.45. The summed E-state index contributed by atoms with van der Waals surface area (Å²) in [5.41, 5.74) is -0.300. The van der Waals surface area contributed by atoms with Crippen LogP contribution in [0.5, 0.6) is 0 Å². The summed E-state index contributed by atoms with van der Waals surface area (Å²) in [7, 11) is 3.60. The second kappa shape index (κ2) is 6.11. The maximum absolute atomic E-state index is 13.2. The summed E-state index contributed by atoms with van der Waals surface area (Å²) in [6, 6.07) is 5.34. The van der Waals surface area contributed by atoms with Crippen LogP contribution in [0.15, 0.2) is 24.3 Å². The molecule has 20 heavy (non-hydrogen) atoms. The highest BCUT2D eigenvalue weighted by molar-refractivity contribution is 5.33. The van der Waals surface area contributed by atoms with Crippen LogP contribution in [-0.4, -0.2) is 44.8 Å². The molecule has 1 heterocycles. The molecular formula is C14H19F3N2O. The molecule has 1 aliphatic heterocycles. The number of alkyl halides is 3. The van der Waals surface area contributed by atoms with Gasteiger partial charge in [0.1, 0.15) is 0 Å². The minimum Gasteiger partial charge on any atom is -0.374 e. The first-order valence-corrected chi connectivity index (χ1v) is 6.57. The number of nitrogens with zero attached hydrogens (tertiary/aromatic N) is 1. The largest absolute Gasteiger partial charge is 0.416 e.